The van der Waals surface area contributed by atoms with E-state index in [-0.39, 0.29) is 25.0 Å². The Morgan fingerprint density at radius 2 is 2.12 bits per heavy atom. The highest BCUT2D eigenvalue weighted by molar-refractivity contribution is 5.93. The number of nitrogens with one attached hydrogen (secondary N) is 1. The number of carbonyl (C=O) groups excluding carboxylic acids is 2. The molecule has 6 heteroatoms. The molecule has 1 N–H and O–H groups in total. The van der Waals surface area contributed by atoms with Gasteiger partial charge in [0.15, 0.2) is 0 Å². The molecule has 0 spiro atoms. The van der Waals surface area contributed by atoms with Gasteiger partial charge in [0, 0.05) is 13.3 Å². The van der Waals surface area contributed by atoms with Crippen LogP contribution in [0, 0.1) is 0 Å². The number of rotatable bonds is 3. The summed E-state index contributed by atoms with van der Waals surface area (Å²) in [5.74, 6) is -4.55. The lowest BCUT2D eigenvalue weighted by atomic mass is 10.0. The summed E-state index contributed by atoms with van der Waals surface area (Å²) < 4.78 is 31.0. The number of ether oxygens (including phenoxy) is 1. The Balaban J connectivity index is 3.06. The Labute approximate surface area is 91.6 Å². The summed E-state index contributed by atoms with van der Waals surface area (Å²) in [4.78, 5) is 22.4. The molecular formula is C10H13F2NO3. The van der Waals surface area contributed by atoms with Gasteiger partial charge in [-0.2, -0.15) is 0 Å². The normalized spacial score (nSPS) is 17.1. The van der Waals surface area contributed by atoms with E-state index in [0.717, 1.165) is 0 Å². The van der Waals surface area contributed by atoms with Gasteiger partial charge in [-0.1, -0.05) is 0 Å². The Kier molecular flexibility index (Phi) is 3.62. The average Bonchev–Trinajstić information content (AvgIpc) is 2.16. The van der Waals surface area contributed by atoms with Crippen LogP contribution in [0.25, 0.3) is 0 Å². The van der Waals surface area contributed by atoms with Crippen molar-refractivity contribution in [1.29, 1.82) is 0 Å². The zero-order chi connectivity index (χ0) is 12.3. The van der Waals surface area contributed by atoms with E-state index in [1.54, 1.807) is 6.92 Å². The molecule has 1 rings (SSSR count). The maximum absolute atomic E-state index is 13.2. The zero-order valence-electron chi connectivity index (χ0n) is 9.10. The van der Waals surface area contributed by atoms with Crippen molar-refractivity contribution in [2.75, 3.05) is 6.61 Å². The van der Waals surface area contributed by atoms with Gasteiger partial charge in [0.25, 0.3) is 5.92 Å². The fourth-order valence-corrected chi connectivity index (χ4v) is 1.44. The van der Waals surface area contributed by atoms with E-state index in [0.29, 0.717) is 6.92 Å². The van der Waals surface area contributed by atoms with Crippen LogP contribution >= 0.6 is 0 Å². The highest BCUT2D eigenvalue weighted by atomic mass is 19.3. The van der Waals surface area contributed by atoms with Crippen LogP contribution in [0.5, 0.6) is 0 Å². The van der Waals surface area contributed by atoms with Crippen molar-refractivity contribution in [2.24, 2.45) is 0 Å². The first-order chi connectivity index (χ1) is 7.36. The molecule has 4 nitrogen and oxygen atoms in total. The number of allylic oxidation sites excluding steroid dienone is 1. The number of halogens is 2. The number of hydrogen-bond acceptors (Lipinski definition) is 3. The summed E-state index contributed by atoms with van der Waals surface area (Å²) in [6.45, 7) is 2.33. The third-order valence-electron chi connectivity index (χ3n) is 2.13. The molecule has 16 heavy (non-hydrogen) atoms. The van der Waals surface area contributed by atoms with Crippen LogP contribution in [-0.4, -0.2) is 24.4 Å². The molecule has 0 fully saturated rings. The quantitative estimate of drug-likeness (QED) is 0.749. The Bertz CT molecular complexity index is 344. The minimum absolute atomic E-state index is 0.0105. The highest BCUT2D eigenvalue weighted by Gasteiger charge is 2.37. The molecule has 0 saturated heterocycles. The fourth-order valence-electron chi connectivity index (χ4n) is 1.44. The van der Waals surface area contributed by atoms with Crippen LogP contribution in [0.15, 0.2) is 11.3 Å². The first-order valence-corrected chi connectivity index (χ1v) is 4.94. The number of alkyl halides is 2. The number of amides is 1. The van der Waals surface area contributed by atoms with Crippen LogP contribution in [0.2, 0.25) is 0 Å². The molecule has 0 saturated carbocycles. The molecule has 0 aliphatic carbocycles. The van der Waals surface area contributed by atoms with Gasteiger partial charge in [-0.25, -0.2) is 13.6 Å². The summed E-state index contributed by atoms with van der Waals surface area (Å²) in [5, 5.41) is 2.04. The lowest BCUT2D eigenvalue weighted by molar-refractivity contribution is -0.139. The van der Waals surface area contributed by atoms with E-state index in [1.165, 1.54) is 0 Å². The fraction of sp³-hybridized carbons (Fsp3) is 0.600. The molecule has 0 aromatic heterocycles. The average molecular weight is 233 g/mol. The van der Waals surface area contributed by atoms with Gasteiger partial charge in [0.2, 0.25) is 5.91 Å². The van der Waals surface area contributed by atoms with Crippen LogP contribution in [0.4, 0.5) is 8.78 Å². The lowest BCUT2D eigenvalue weighted by Gasteiger charge is -2.24. The number of hydrogen-bond donors (Lipinski definition) is 1. The van der Waals surface area contributed by atoms with Crippen molar-refractivity contribution in [1.82, 2.24) is 5.32 Å². The van der Waals surface area contributed by atoms with Crippen LogP contribution < -0.4 is 5.32 Å². The molecule has 0 bridgehead atoms. The Hall–Kier alpha value is -1.46. The molecule has 1 amide bonds. The summed E-state index contributed by atoms with van der Waals surface area (Å²) in [6.07, 6.45) is 0.0111. The number of esters is 1. The maximum atomic E-state index is 13.2. The van der Waals surface area contributed by atoms with Gasteiger partial charge in [0.05, 0.1) is 17.9 Å². The molecule has 0 aromatic rings. The summed E-state index contributed by atoms with van der Waals surface area (Å²) in [5.41, 5.74) is -0.781. The van der Waals surface area contributed by atoms with Gasteiger partial charge in [-0.05, 0) is 13.3 Å². The van der Waals surface area contributed by atoms with Crippen molar-refractivity contribution >= 4 is 11.9 Å². The topological polar surface area (TPSA) is 55.4 Å². The highest BCUT2D eigenvalue weighted by Crippen LogP contribution is 2.29. The summed E-state index contributed by atoms with van der Waals surface area (Å²) in [6, 6.07) is 0. The van der Waals surface area contributed by atoms with E-state index in [9.17, 15) is 18.4 Å². The second kappa shape index (κ2) is 4.59. The van der Waals surface area contributed by atoms with Gasteiger partial charge in [0.1, 0.15) is 0 Å². The third kappa shape index (κ3) is 2.77. The number of carbonyl (C=O) groups is 2. The molecule has 1 aliphatic heterocycles. The Morgan fingerprint density at radius 3 is 2.62 bits per heavy atom. The van der Waals surface area contributed by atoms with E-state index < -0.39 is 23.5 Å². The summed E-state index contributed by atoms with van der Waals surface area (Å²) in [7, 11) is 0. The minimum atomic E-state index is -3.25. The maximum Gasteiger partial charge on any atom is 0.336 e. The van der Waals surface area contributed by atoms with Gasteiger partial charge < -0.3 is 10.1 Å². The van der Waals surface area contributed by atoms with Gasteiger partial charge >= 0.3 is 5.97 Å². The van der Waals surface area contributed by atoms with Crippen LogP contribution in [-0.2, 0) is 14.3 Å². The molecule has 0 aromatic carbocycles. The molecule has 0 radical (unpaired) electrons. The van der Waals surface area contributed by atoms with Crippen molar-refractivity contribution in [3.63, 3.8) is 0 Å². The van der Waals surface area contributed by atoms with Gasteiger partial charge in [-0.15, -0.1) is 0 Å². The molecule has 0 atom stereocenters. The third-order valence-corrected chi connectivity index (χ3v) is 2.13. The van der Waals surface area contributed by atoms with E-state index in [2.05, 4.69) is 4.74 Å². The first-order valence-electron chi connectivity index (χ1n) is 4.94. The molecule has 0 unspecified atom stereocenters. The van der Waals surface area contributed by atoms with Gasteiger partial charge in [-0.3, -0.25) is 4.79 Å². The van der Waals surface area contributed by atoms with E-state index in [4.69, 9.17) is 0 Å². The minimum Gasteiger partial charge on any atom is -0.463 e. The largest absolute Gasteiger partial charge is 0.463 e. The monoisotopic (exact) mass is 233 g/mol. The van der Waals surface area contributed by atoms with Crippen molar-refractivity contribution in [2.45, 2.75) is 32.6 Å². The van der Waals surface area contributed by atoms with Crippen LogP contribution in [0.1, 0.15) is 26.7 Å². The van der Waals surface area contributed by atoms with Crippen LogP contribution in [0.3, 0.4) is 0 Å². The first kappa shape index (κ1) is 12.6. The second-order valence-corrected chi connectivity index (χ2v) is 3.51. The smallest absolute Gasteiger partial charge is 0.336 e. The predicted octanol–water partition coefficient (Wildman–Crippen LogP) is 1.37. The molecular weight excluding hydrogens is 220 g/mol. The van der Waals surface area contributed by atoms with Crippen molar-refractivity contribution in [3.05, 3.63) is 11.3 Å². The second-order valence-electron chi connectivity index (χ2n) is 3.51. The zero-order valence-corrected chi connectivity index (χ0v) is 9.10. The predicted molar refractivity (Wildman–Crippen MR) is 51.7 cm³/mol. The Morgan fingerprint density at radius 1 is 1.50 bits per heavy atom. The molecule has 1 heterocycles. The standard InChI is InChI=1S/C10H13F2NO3/c1-3-16-9(15)6-4-5-7(14)13-8(6)10(2,11)12/h3-5H2,1-2H3,(H,13,14). The van der Waals surface area contributed by atoms with E-state index in [1.807, 2.05) is 5.32 Å². The SMILES string of the molecule is CCOC(=O)C1=C(C(C)(F)F)NC(=O)CC1. The molecule has 1 aliphatic rings. The van der Waals surface area contributed by atoms with Crippen molar-refractivity contribution in [3.8, 4) is 0 Å². The summed E-state index contributed by atoms with van der Waals surface area (Å²) >= 11 is 0. The van der Waals surface area contributed by atoms with E-state index >= 15 is 0 Å². The van der Waals surface area contributed by atoms with Crippen molar-refractivity contribution < 1.29 is 23.1 Å². The molecule has 90 valence electrons. The lowest BCUT2D eigenvalue weighted by Crippen LogP contribution is -2.38.